The van der Waals surface area contributed by atoms with Gasteiger partial charge in [-0.3, -0.25) is 9.78 Å². The van der Waals surface area contributed by atoms with Crippen molar-refractivity contribution in [2.75, 3.05) is 44.6 Å². The second-order valence-corrected chi connectivity index (χ2v) is 6.21. The molecule has 1 N–H and O–H groups in total. The van der Waals surface area contributed by atoms with Crippen molar-refractivity contribution in [3.63, 3.8) is 0 Å². The maximum Gasteiger partial charge on any atom is 0.272 e. The highest BCUT2D eigenvalue weighted by molar-refractivity contribution is 5.93. The summed E-state index contributed by atoms with van der Waals surface area (Å²) in [5.41, 5.74) is 2.16. The number of anilines is 2. The third-order valence-electron chi connectivity index (χ3n) is 4.55. The number of rotatable bonds is 6. The summed E-state index contributed by atoms with van der Waals surface area (Å²) in [6, 6.07) is 11.4. The highest BCUT2D eigenvalue weighted by atomic mass is 16.5. The number of nitrogens with zero attached hydrogens (tertiary/aromatic N) is 3. The molecule has 1 aromatic carbocycles. The van der Waals surface area contributed by atoms with E-state index in [-0.39, 0.29) is 5.91 Å². The largest absolute Gasteiger partial charge is 0.492 e. The Morgan fingerprint density at radius 1 is 1.15 bits per heavy atom. The van der Waals surface area contributed by atoms with Gasteiger partial charge < -0.3 is 19.9 Å². The zero-order valence-corrected chi connectivity index (χ0v) is 15.4. The minimum absolute atomic E-state index is 0.0116. The first kappa shape index (κ1) is 18.2. The van der Waals surface area contributed by atoms with E-state index in [1.807, 2.05) is 42.2 Å². The van der Waals surface area contributed by atoms with Crippen LogP contribution in [0.25, 0.3) is 0 Å². The van der Waals surface area contributed by atoms with Crippen LogP contribution in [-0.2, 0) is 0 Å². The molecule has 1 aromatic heterocycles. The molecule has 1 amide bonds. The molecule has 1 aliphatic heterocycles. The fourth-order valence-electron chi connectivity index (χ4n) is 3.06. The third kappa shape index (κ3) is 4.32. The second-order valence-electron chi connectivity index (χ2n) is 6.21. The van der Waals surface area contributed by atoms with Crippen LogP contribution < -0.4 is 10.1 Å². The third-order valence-corrected chi connectivity index (χ3v) is 4.55. The van der Waals surface area contributed by atoms with Crippen LogP contribution in [0.5, 0.6) is 5.75 Å². The fourth-order valence-corrected chi connectivity index (χ4v) is 3.06. The summed E-state index contributed by atoms with van der Waals surface area (Å²) < 4.78 is 5.64. The quantitative estimate of drug-likeness (QED) is 0.864. The number of carbonyl (C=O) groups excluding carboxylic acids is 1. The monoisotopic (exact) mass is 354 g/mol. The molecule has 2 aromatic rings. The van der Waals surface area contributed by atoms with Crippen molar-refractivity contribution in [3.8, 4) is 5.75 Å². The molecule has 0 saturated carbocycles. The Labute approximate surface area is 154 Å². The molecule has 3 rings (SSSR count). The van der Waals surface area contributed by atoms with E-state index in [0.717, 1.165) is 49.8 Å². The van der Waals surface area contributed by atoms with Gasteiger partial charge in [0.1, 0.15) is 11.4 Å². The van der Waals surface area contributed by atoms with Crippen molar-refractivity contribution in [1.82, 2.24) is 14.8 Å². The SMILES string of the molecule is CCOc1ccccc1Nc1ccnc(C(=O)N2CCN(CC)CC2)c1. The Morgan fingerprint density at radius 2 is 1.92 bits per heavy atom. The number of likely N-dealkylation sites (N-methyl/N-ethyl adjacent to an activating group) is 1. The maximum absolute atomic E-state index is 12.8. The first-order chi connectivity index (χ1) is 12.7. The van der Waals surface area contributed by atoms with Gasteiger partial charge in [0.25, 0.3) is 5.91 Å². The molecule has 0 atom stereocenters. The highest BCUT2D eigenvalue weighted by Crippen LogP contribution is 2.27. The number of hydrogen-bond acceptors (Lipinski definition) is 5. The van der Waals surface area contributed by atoms with Crippen molar-refractivity contribution < 1.29 is 9.53 Å². The van der Waals surface area contributed by atoms with Crippen LogP contribution >= 0.6 is 0 Å². The Balaban J connectivity index is 1.71. The lowest BCUT2D eigenvalue weighted by Crippen LogP contribution is -2.48. The summed E-state index contributed by atoms with van der Waals surface area (Å²) in [6.45, 7) is 9.07. The van der Waals surface area contributed by atoms with Crippen molar-refractivity contribution in [1.29, 1.82) is 0 Å². The van der Waals surface area contributed by atoms with Crippen LogP contribution in [0, 0.1) is 0 Å². The summed E-state index contributed by atoms with van der Waals surface area (Å²) >= 11 is 0. The Morgan fingerprint density at radius 3 is 2.65 bits per heavy atom. The maximum atomic E-state index is 12.8. The van der Waals surface area contributed by atoms with Crippen LogP contribution in [0.1, 0.15) is 24.3 Å². The van der Waals surface area contributed by atoms with E-state index < -0.39 is 0 Å². The number of nitrogens with one attached hydrogen (secondary N) is 1. The predicted octanol–water partition coefficient (Wildman–Crippen LogP) is 3.00. The molecular weight excluding hydrogens is 328 g/mol. The number of para-hydroxylation sites is 2. The minimum Gasteiger partial charge on any atom is -0.492 e. The lowest BCUT2D eigenvalue weighted by molar-refractivity contribution is 0.0637. The number of pyridine rings is 1. The molecule has 1 fully saturated rings. The number of piperazine rings is 1. The van der Waals surface area contributed by atoms with Crippen LogP contribution in [0.2, 0.25) is 0 Å². The van der Waals surface area contributed by atoms with E-state index in [0.29, 0.717) is 12.3 Å². The summed E-state index contributed by atoms with van der Waals surface area (Å²) in [5, 5.41) is 3.33. The van der Waals surface area contributed by atoms with Crippen molar-refractivity contribution in [2.24, 2.45) is 0 Å². The second kappa shape index (κ2) is 8.67. The lowest BCUT2D eigenvalue weighted by Gasteiger charge is -2.33. The molecule has 0 radical (unpaired) electrons. The van der Waals surface area contributed by atoms with Gasteiger partial charge >= 0.3 is 0 Å². The minimum atomic E-state index is -0.0116. The number of aromatic nitrogens is 1. The van der Waals surface area contributed by atoms with Gasteiger partial charge in [0.05, 0.1) is 12.3 Å². The van der Waals surface area contributed by atoms with Crippen LogP contribution in [-0.4, -0.2) is 60.0 Å². The number of hydrogen-bond donors (Lipinski definition) is 1. The van der Waals surface area contributed by atoms with Gasteiger partial charge in [-0.1, -0.05) is 19.1 Å². The summed E-state index contributed by atoms with van der Waals surface area (Å²) in [4.78, 5) is 21.3. The van der Waals surface area contributed by atoms with Gasteiger partial charge in [0, 0.05) is 38.1 Å². The zero-order chi connectivity index (χ0) is 18.4. The molecule has 0 bridgehead atoms. The molecule has 0 aliphatic carbocycles. The smallest absolute Gasteiger partial charge is 0.272 e. The van der Waals surface area contributed by atoms with Crippen LogP contribution in [0.15, 0.2) is 42.6 Å². The van der Waals surface area contributed by atoms with Gasteiger partial charge in [-0.2, -0.15) is 0 Å². The summed E-state index contributed by atoms with van der Waals surface area (Å²) in [5.74, 6) is 0.776. The first-order valence-electron chi connectivity index (χ1n) is 9.17. The van der Waals surface area contributed by atoms with Gasteiger partial charge in [0.2, 0.25) is 0 Å². The highest BCUT2D eigenvalue weighted by Gasteiger charge is 2.22. The topological polar surface area (TPSA) is 57.7 Å². The van der Waals surface area contributed by atoms with E-state index in [1.54, 1.807) is 12.3 Å². The van der Waals surface area contributed by atoms with E-state index in [1.165, 1.54) is 0 Å². The average molecular weight is 354 g/mol. The van der Waals surface area contributed by atoms with Crippen LogP contribution in [0.3, 0.4) is 0 Å². The number of carbonyl (C=O) groups is 1. The van der Waals surface area contributed by atoms with Gasteiger partial charge in [0.15, 0.2) is 0 Å². The van der Waals surface area contributed by atoms with Gasteiger partial charge in [-0.15, -0.1) is 0 Å². The van der Waals surface area contributed by atoms with Crippen molar-refractivity contribution >= 4 is 17.3 Å². The molecule has 0 spiro atoms. The lowest BCUT2D eigenvalue weighted by atomic mass is 10.2. The van der Waals surface area contributed by atoms with E-state index in [9.17, 15) is 4.79 Å². The molecule has 0 unspecified atom stereocenters. The molecule has 1 aliphatic rings. The molecule has 2 heterocycles. The molecule has 6 heteroatoms. The standard InChI is InChI=1S/C20H26N4O2/c1-3-23-11-13-24(14-12-23)20(25)18-15-16(9-10-21-18)22-17-7-5-6-8-19(17)26-4-2/h5-10,15H,3-4,11-14H2,1-2H3,(H,21,22). The van der Waals surface area contributed by atoms with Crippen molar-refractivity contribution in [2.45, 2.75) is 13.8 Å². The average Bonchev–Trinajstić information content (AvgIpc) is 2.69. The Hall–Kier alpha value is -2.60. The molecule has 6 nitrogen and oxygen atoms in total. The van der Waals surface area contributed by atoms with E-state index >= 15 is 0 Å². The van der Waals surface area contributed by atoms with Crippen molar-refractivity contribution in [3.05, 3.63) is 48.3 Å². The first-order valence-corrected chi connectivity index (χ1v) is 9.17. The number of amides is 1. The summed E-state index contributed by atoms with van der Waals surface area (Å²) in [7, 11) is 0. The summed E-state index contributed by atoms with van der Waals surface area (Å²) in [6.07, 6.45) is 1.67. The normalized spacial score (nSPS) is 14.9. The molecule has 138 valence electrons. The van der Waals surface area contributed by atoms with Gasteiger partial charge in [-0.05, 0) is 37.7 Å². The van der Waals surface area contributed by atoms with E-state index in [4.69, 9.17) is 4.74 Å². The fraction of sp³-hybridized carbons (Fsp3) is 0.400. The number of ether oxygens (including phenoxy) is 1. The molecule has 26 heavy (non-hydrogen) atoms. The Kier molecular flexibility index (Phi) is 6.07. The predicted molar refractivity (Wildman–Crippen MR) is 103 cm³/mol. The Bertz CT molecular complexity index is 742. The van der Waals surface area contributed by atoms with E-state index in [2.05, 4.69) is 22.1 Å². The zero-order valence-electron chi connectivity index (χ0n) is 15.4. The van der Waals surface area contributed by atoms with Gasteiger partial charge in [-0.25, -0.2) is 0 Å². The van der Waals surface area contributed by atoms with Crippen LogP contribution in [0.4, 0.5) is 11.4 Å². The molecule has 1 saturated heterocycles. The molecular formula is C20H26N4O2. The number of benzene rings is 1.